The molecule has 0 spiro atoms. The predicted molar refractivity (Wildman–Crippen MR) is 111 cm³/mol. The number of carbonyl (C=O) groups excluding carboxylic acids is 1. The van der Waals surface area contributed by atoms with E-state index in [1.165, 1.54) is 17.7 Å². The van der Waals surface area contributed by atoms with E-state index in [1.807, 2.05) is 18.2 Å². The molecule has 2 aliphatic heterocycles. The van der Waals surface area contributed by atoms with E-state index in [-0.39, 0.29) is 11.7 Å². The maximum Gasteiger partial charge on any atom is 0.225 e. The van der Waals surface area contributed by atoms with Gasteiger partial charge in [-0.05, 0) is 67.2 Å². The largest absolute Gasteiger partial charge is 0.374 e. The summed E-state index contributed by atoms with van der Waals surface area (Å²) in [6.45, 7) is 4.42. The summed E-state index contributed by atoms with van der Waals surface area (Å²) >= 11 is 0. The van der Waals surface area contributed by atoms with Gasteiger partial charge in [0.15, 0.2) is 0 Å². The van der Waals surface area contributed by atoms with Crippen LogP contribution in [-0.4, -0.2) is 47.0 Å². The first kappa shape index (κ1) is 20.0. The molecular formula is C23H28FN3O2. The molecular weight excluding hydrogens is 369 g/mol. The summed E-state index contributed by atoms with van der Waals surface area (Å²) in [6, 6.07) is 14.0. The van der Waals surface area contributed by atoms with E-state index >= 15 is 0 Å². The van der Waals surface area contributed by atoms with Crippen LogP contribution in [0.25, 0.3) is 0 Å². The number of carbonyl (C=O) groups is 1. The van der Waals surface area contributed by atoms with E-state index in [0.717, 1.165) is 51.1 Å². The van der Waals surface area contributed by atoms with E-state index in [1.54, 1.807) is 12.1 Å². The summed E-state index contributed by atoms with van der Waals surface area (Å²) in [5, 5.41) is 13.4. The minimum absolute atomic E-state index is 0.0447. The van der Waals surface area contributed by atoms with Crippen LogP contribution in [0, 0.1) is 11.7 Å². The average molecular weight is 397 g/mol. The number of nitrogens with one attached hydrogen (secondary N) is 1. The van der Waals surface area contributed by atoms with Gasteiger partial charge >= 0.3 is 0 Å². The lowest BCUT2D eigenvalue weighted by Gasteiger charge is -2.34. The number of anilines is 1. The molecule has 2 aromatic rings. The van der Waals surface area contributed by atoms with Crippen LogP contribution in [-0.2, 0) is 11.3 Å². The van der Waals surface area contributed by atoms with E-state index in [0.29, 0.717) is 18.0 Å². The zero-order chi connectivity index (χ0) is 20.2. The lowest BCUT2D eigenvalue weighted by atomic mass is 9.96. The first-order valence-electron chi connectivity index (χ1n) is 10.4. The fraction of sp³-hybridized carbons (Fsp3) is 0.435. The monoisotopic (exact) mass is 397 g/mol. The van der Waals surface area contributed by atoms with Crippen molar-refractivity contribution in [1.29, 1.82) is 0 Å². The number of benzene rings is 2. The van der Waals surface area contributed by atoms with Crippen molar-refractivity contribution < 1.29 is 14.3 Å². The molecule has 2 N–H and O–H groups in total. The van der Waals surface area contributed by atoms with Gasteiger partial charge in [-0.2, -0.15) is 0 Å². The van der Waals surface area contributed by atoms with Crippen LogP contribution < -0.4 is 5.32 Å². The highest BCUT2D eigenvalue weighted by molar-refractivity contribution is 5.90. The Morgan fingerprint density at radius 2 is 1.83 bits per heavy atom. The summed E-state index contributed by atoms with van der Waals surface area (Å²) in [6.07, 6.45) is 2.11. The van der Waals surface area contributed by atoms with Gasteiger partial charge in [-0.1, -0.05) is 24.3 Å². The summed E-state index contributed by atoms with van der Waals surface area (Å²) < 4.78 is 12.9. The Morgan fingerprint density at radius 1 is 1.10 bits per heavy atom. The third kappa shape index (κ3) is 5.01. The molecule has 1 atom stereocenters. The van der Waals surface area contributed by atoms with Gasteiger partial charge in [0.25, 0.3) is 0 Å². The van der Waals surface area contributed by atoms with Crippen LogP contribution in [0.5, 0.6) is 0 Å². The number of fused-ring (bicyclic) bond motifs is 1. The van der Waals surface area contributed by atoms with Gasteiger partial charge in [0.1, 0.15) is 12.0 Å². The maximum absolute atomic E-state index is 12.9. The molecule has 0 radical (unpaired) electrons. The third-order valence-corrected chi connectivity index (χ3v) is 6.04. The van der Waals surface area contributed by atoms with Gasteiger partial charge in [0, 0.05) is 31.7 Å². The SMILES string of the molecule is O=C(CCN1CCC(CN2Cc3ccccc3C2O)CC1)Nc1ccc(F)cc1. The Hall–Kier alpha value is -2.28. The van der Waals surface area contributed by atoms with Crippen LogP contribution in [0.4, 0.5) is 10.1 Å². The molecule has 29 heavy (non-hydrogen) atoms. The summed E-state index contributed by atoms with van der Waals surface area (Å²) in [4.78, 5) is 16.6. The van der Waals surface area contributed by atoms with Gasteiger partial charge in [-0.25, -0.2) is 4.39 Å². The smallest absolute Gasteiger partial charge is 0.225 e. The minimum Gasteiger partial charge on any atom is -0.374 e. The first-order valence-corrected chi connectivity index (χ1v) is 10.4. The molecule has 2 aromatic carbocycles. The van der Waals surface area contributed by atoms with Crippen LogP contribution in [0.3, 0.4) is 0 Å². The fourth-order valence-electron chi connectivity index (χ4n) is 4.34. The highest BCUT2D eigenvalue weighted by atomic mass is 19.1. The molecule has 1 amide bonds. The molecule has 1 unspecified atom stereocenters. The number of hydrogen-bond donors (Lipinski definition) is 2. The van der Waals surface area contributed by atoms with Crippen LogP contribution in [0.1, 0.15) is 36.6 Å². The Labute approximate surface area is 171 Å². The number of aliphatic hydroxyl groups excluding tert-OH is 1. The summed E-state index contributed by atoms with van der Waals surface area (Å²) in [5.41, 5.74) is 2.89. The molecule has 4 rings (SSSR count). The number of piperidine rings is 1. The number of rotatable bonds is 6. The van der Waals surface area contributed by atoms with Crippen LogP contribution in [0.15, 0.2) is 48.5 Å². The Bertz CT molecular complexity index is 834. The lowest BCUT2D eigenvalue weighted by molar-refractivity contribution is -0.116. The average Bonchev–Trinajstić information content (AvgIpc) is 3.05. The molecule has 2 heterocycles. The number of aliphatic hydroxyl groups is 1. The molecule has 0 saturated carbocycles. The molecule has 6 heteroatoms. The van der Waals surface area contributed by atoms with Gasteiger partial charge in [-0.3, -0.25) is 9.69 Å². The molecule has 2 aliphatic rings. The Kier molecular flexibility index (Phi) is 6.23. The molecule has 0 aromatic heterocycles. The van der Waals surface area contributed by atoms with Gasteiger partial charge in [0.05, 0.1) is 0 Å². The Balaban J connectivity index is 1.17. The van der Waals surface area contributed by atoms with Crippen molar-refractivity contribution in [3.05, 3.63) is 65.5 Å². The van der Waals surface area contributed by atoms with E-state index in [4.69, 9.17) is 0 Å². The molecule has 0 aliphatic carbocycles. The van der Waals surface area contributed by atoms with Crippen molar-refractivity contribution in [2.75, 3.05) is 31.5 Å². The number of likely N-dealkylation sites (tertiary alicyclic amines) is 1. The van der Waals surface area contributed by atoms with Crippen molar-refractivity contribution in [2.24, 2.45) is 5.92 Å². The van der Waals surface area contributed by atoms with Crippen molar-refractivity contribution in [1.82, 2.24) is 9.80 Å². The second-order valence-corrected chi connectivity index (χ2v) is 8.09. The molecule has 5 nitrogen and oxygen atoms in total. The number of nitrogens with zero attached hydrogens (tertiary/aromatic N) is 2. The van der Waals surface area contributed by atoms with E-state index in [2.05, 4.69) is 21.2 Å². The van der Waals surface area contributed by atoms with Gasteiger partial charge in [0.2, 0.25) is 5.91 Å². The number of amides is 1. The highest BCUT2D eigenvalue weighted by Crippen LogP contribution is 2.33. The molecule has 1 saturated heterocycles. The lowest BCUT2D eigenvalue weighted by Crippen LogP contribution is -2.39. The van der Waals surface area contributed by atoms with Crippen molar-refractivity contribution in [3.8, 4) is 0 Å². The fourth-order valence-corrected chi connectivity index (χ4v) is 4.34. The van der Waals surface area contributed by atoms with Crippen LogP contribution >= 0.6 is 0 Å². The number of hydrogen-bond acceptors (Lipinski definition) is 4. The molecule has 0 bridgehead atoms. The first-order chi connectivity index (χ1) is 14.1. The predicted octanol–water partition coefficient (Wildman–Crippen LogP) is 3.37. The Morgan fingerprint density at radius 3 is 2.55 bits per heavy atom. The normalized spacial score (nSPS) is 20.6. The highest BCUT2D eigenvalue weighted by Gasteiger charge is 2.30. The molecule has 154 valence electrons. The zero-order valence-electron chi connectivity index (χ0n) is 16.6. The standard InChI is InChI=1S/C23H28FN3O2/c24-19-5-7-20(8-6-19)25-22(28)11-14-26-12-9-17(10-13-26)15-27-16-18-3-1-2-4-21(18)23(27)29/h1-8,17,23,29H,9-16H2,(H,25,28). The van der Waals surface area contributed by atoms with Crippen LogP contribution in [0.2, 0.25) is 0 Å². The van der Waals surface area contributed by atoms with Crippen molar-refractivity contribution >= 4 is 11.6 Å². The zero-order valence-corrected chi connectivity index (χ0v) is 16.6. The maximum atomic E-state index is 12.9. The summed E-state index contributed by atoms with van der Waals surface area (Å²) in [7, 11) is 0. The molecule has 1 fully saturated rings. The minimum atomic E-state index is -0.487. The van der Waals surface area contributed by atoms with E-state index in [9.17, 15) is 14.3 Å². The second-order valence-electron chi connectivity index (χ2n) is 8.09. The van der Waals surface area contributed by atoms with Gasteiger partial charge < -0.3 is 15.3 Å². The van der Waals surface area contributed by atoms with Crippen molar-refractivity contribution in [3.63, 3.8) is 0 Å². The van der Waals surface area contributed by atoms with E-state index < -0.39 is 6.23 Å². The van der Waals surface area contributed by atoms with Gasteiger partial charge in [-0.15, -0.1) is 0 Å². The quantitative estimate of drug-likeness (QED) is 0.785. The van der Waals surface area contributed by atoms with Crippen molar-refractivity contribution in [2.45, 2.75) is 32.0 Å². The second kappa shape index (κ2) is 9.03. The third-order valence-electron chi connectivity index (χ3n) is 6.04. The summed E-state index contributed by atoms with van der Waals surface area (Å²) in [5.74, 6) is 0.219. The number of halogens is 1. The topological polar surface area (TPSA) is 55.8 Å².